The number of phenols is 2. The first-order chi connectivity index (χ1) is 11.4. The first-order valence-corrected chi connectivity index (χ1v) is 9.26. The Labute approximate surface area is 159 Å². The number of rotatable bonds is 2. The zero-order valence-electron chi connectivity index (χ0n) is 12.4. The van der Waals surface area contributed by atoms with Crippen LogP contribution in [0.25, 0.3) is 6.08 Å². The third-order valence-electron chi connectivity index (χ3n) is 3.40. The van der Waals surface area contributed by atoms with E-state index in [9.17, 15) is 15.0 Å². The zero-order chi connectivity index (χ0) is 17.4. The molecule has 0 saturated heterocycles. The van der Waals surface area contributed by atoms with Crippen molar-refractivity contribution in [3.8, 4) is 11.5 Å². The van der Waals surface area contributed by atoms with E-state index in [1.165, 1.54) is 11.8 Å². The molecule has 0 saturated carbocycles. The molecule has 0 atom stereocenters. The molecular weight excluding hydrogens is 458 g/mol. The summed E-state index contributed by atoms with van der Waals surface area (Å²) in [5.41, 5.74) is 2.59. The Kier molecular flexibility index (Phi) is 4.85. The summed E-state index contributed by atoms with van der Waals surface area (Å²) in [7, 11) is 0. The lowest BCUT2D eigenvalue weighted by molar-refractivity contribution is -0.113. The minimum absolute atomic E-state index is 0.258. The van der Waals surface area contributed by atoms with Crippen LogP contribution in [0.2, 0.25) is 0 Å². The summed E-state index contributed by atoms with van der Waals surface area (Å²) in [6, 6.07) is 9.41. The summed E-state index contributed by atoms with van der Waals surface area (Å²) < 4.78 is 0.651. The molecule has 2 aromatic rings. The molecule has 24 heavy (non-hydrogen) atoms. The molecule has 0 spiro atoms. The number of phenolic OH excluding ortho intramolecular Hbond substituents is 2. The SMILES string of the molecule is Cc1ccc(C2=NC(=O)C(=Cc3cc(Br)c(O)c(O)c3Br)S2)cc1. The average Bonchev–Trinajstić information content (AvgIpc) is 2.92. The molecule has 1 heterocycles. The predicted octanol–water partition coefficient (Wildman–Crippen LogP) is 4.99. The standard InChI is InChI=1S/C17H11Br2NO3S/c1-8-2-4-9(5-3-8)17-20-16(23)12(24-17)7-10-6-11(18)14(21)15(22)13(10)19/h2-7,21-22H,1H3. The van der Waals surface area contributed by atoms with Crippen molar-refractivity contribution < 1.29 is 15.0 Å². The lowest BCUT2D eigenvalue weighted by Crippen LogP contribution is -1.90. The topological polar surface area (TPSA) is 69.9 Å². The maximum Gasteiger partial charge on any atom is 0.284 e. The minimum Gasteiger partial charge on any atom is -0.503 e. The largest absolute Gasteiger partial charge is 0.503 e. The van der Waals surface area contributed by atoms with Gasteiger partial charge in [0, 0.05) is 5.56 Å². The Morgan fingerprint density at radius 2 is 1.79 bits per heavy atom. The molecular formula is C17H11Br2NO3S. The Balaban J connectivity index is 1.94. The molecule has 0 bridgehead atoms. The van der Waals surface area contributed by atoms with Crippen LogP contribution in [0.5, 0.6) is 11.5 Å². The molecule has 122 valence electrons. The predicted molar refractivity (Wildman–Crippen MR) is 103 cm³/mol. The minimum atomic E-state index is -0.328. The number of benzene rings is 2. The highest BCUT2D eigenvalue weighted by Gasteiger charge is 2.24. The van der Waals surface area contributed by atoms with Crippen LogP contribution in [0.4, 0.5) is 0 Å². The average molecular weight is 469 g/mol. The summed E-state index contributed by atoms with van der Waals surface area (Å²) in [5, 5.41) is 20.2. The monoisotopic (exact) mass is 467 g/mol. The smallest absolute Gasteiger partial charge is 0.284 e. The molecule has 2 N–H and O–H groups in total. The Morgan fingerprint density at radius 3 is 2.46 bits per heavy atom. The van der Waals surface area contributed by atoms with E-state index >= 15 is 0 Å². The number of nitrogens with zero attached hydrogens (tertiary/aromatic N) is 1. The summed E-state index contributed by atoms with van der Waals surface area (Å²) >= 11 is 7.68. The number of carbonyl (C=O) groups excluding carboxylic acids is 1. The van der Waals surface area contributed by atoms with Crippen LogP contribution in [-0.2, 0) is 4.79 Å². The van der Waals surface area contributed by atoms with Crippen molar-refractivity contribution in [3.05, 3.63) is 60.9 Å². The highest BCUT2D eigenvalue weighted by Crippen LogP contribution is 2.43. The van der Waals surface area contributed by atoms with E-state index in [4.69, 9.17) is 0 Å². The van der Waals surface area contributed by atoms with Crippen molar-refractivity contribution >= 4 is 60.6 Å². The molecule has 0 unspecified atom stereocenters. The van der Waals surface area contributed by atoms with Gasteiger partial charge in [0.05, 0.1) is 13.9 Å². The highest BCUT2D eigenvalue weighted by atomic mass is 79.9. The van der Waals surface area contributed by atoms with Crippen LogP contribution < -0.4 is 0 Å². The van der Waals surface area contributed by atoms with Gasteiger partial charge in [0.2, 0.25) is 0 Å². The van der Waals surface area contributed by atoms with Crippen LogP contribution >= 0.6 is 43.6 Å². The molecule has 1 aliphatic rings. The van der Waals surface area contributed by atoms with Gasteiger partial charge in [-0.25, -0.2) is 4.99 Å². The number of carbonyl (C=O) groups is 1. The van der Waals surface area contributed by atoms with Crippen LogP contribution in [0.1, 0.15) is 16.7 Å². The molecule has 1 aliphatic heterocycles. The van der Waals surface area contributed by atoms with Gasteiger partial charge in [-0.05, 0) is 56.5 Å². The number of hydrogen-bond donors (Lipinski definition) is 2. The van der Waals surface area contributed by atoms with Crippen molar-refractivity contribution in [3.63, 3.8) is 0 Å². The summed E-state index contributed by atoms with van der Waals surface area (Å²) in [6.45, 7) is 2.00. The van der Waals surface area contributed by atoms with Crippen LogP contribution in [0.3, 0.4) is 0 Å². The summed E-state index contributed by atoms with van der Waals surface area (Å²) in [5.74, 6) is -0.872. The molecule has 0 aliphatic carbocycles. The third-order valence-corrected chi connectivity index (χ3v) is 5.87. The van der Waals surface area contributed by atoms with E-state index < -0.39 is 0 Å². The molecule has 2 aromatic carbocycles. The number of halogens is 2. The lowest BCUT2D eigenvalue weighted by Gasteiger charge is -2.07. The maximum absolute atomic E-state index is 12.2. The van der Waals surface area contributed by atoms with Crippen molar-refractivity contribution in [2.24, 2.45) is 4.99 Å². The van der Waals surface area contributed by atoms with Crippen molar-refractivity contribution in [1.29, 1.82) is 0 Å². The van der Waals surface area contributed by atoms with Gasteiger partial charge in [-0.2, -0.15) is 0 Å². The van der Waals surface area contributed by atoms with Gasteiger partial charge in [0.1, 0.15) is 5.04 Å². The Hall–Kier alpha value is -1.57. The van der Waals surface area contributed by atoms with Gasteiger partial charge in [-0.1, -0.05) is 41.6 Å². The fraction of sp³-hybridized carbons (Fsp3) is 0.0588. The number of aliphatic imine (C=N–C) groups is 1. The highest BCUT2D eigenvalue weighted by molar-refractivity contribution is 9.11. The van der Waals surface area contributed by atoms with E-state index in [0.717, 1.165) is 11.1 Å². The van der Waals surface area contributed by atoms with Gasteiger partial charge in [0.25, 0.3) is 5.91 Å². The number of hydrogen-bond acceptors (Lipinski definition) is 4. The molecule has 0 fully saturated rings. The van der Waals surface area contributed by atoms with E-state index in [-0.39, 0.29) is 17.4 Å². The number of aryl methyl sites for hydroxylation is 1. The van der Waals surface area contributed by atoms with E-state index in [0.29, 0.717) is 24.5 Å². The fourth-order valence-corrected chi connectivity index (χ4v) is 3.86. The van der Waals surface area contributed by atoms with E-state index in [2.05, 4.69) is 36.9 Å². The molecule has 0 radical (unpaired) electrons. The van der Waals surface area contributed by atoms with Gasteiger partial charge < -0.3 is 10.2 Å². The van der Waals surface area contributed by atoms with Crippen molar-refractivity contribution in [2.75, 3.05) is 0 Å². The van der Waals surface area contributed by atoms with Gasteiger partial charge in [-0.3, -0.25) is 4.79 Å². The number of amides is 1. The second kappa shape index (κ2) is 6.74. The Morgan fingerprint density at radius 1 is 1.12 bits per heavy atom. The molecule has 7 heteroatoms. The first-order valence-electron chi connectivity index (χ1n) is 6.86. The molecule has 3 rings (SSSR count). The van der Waals surface area contributed by atoms with E-state index in [1.54, 1.807) is 12.1 Å². The summed E-state index contributed by atoms with van der Waals surface area (Å²) in [6.07, 6.45) is 1.63. The van der Waals surface area contributed by atoms with Crippen LogP contribution in [-0.4, -0.2) is 21.2 Å². The number of aromatic hydroxyl groups is 2. The maximum atomic E-state index is 12.2. The zero-order valence-corrected chi connectivity index (χ0v) is 16.4. The normalized spacial score (nSPS) is 15.9. The molecule has 4 nitrogen and oxygen atoms in total. The van der Waals surface area contributed by atoms with Gasteiger partial charge in [0.15, 0.2) is 11.5 Å². The fourth-order valence-electron chi connectivity index (χ4n) is 2.10. The number of thioether (sulfide) groups is 1. The quantitative estimate of drug-likeness (QED) is 0.481. The second-order valence-electron chi connectivity index (χ2n) is 5.16. The third kappa shape index (κ3) is 3.29. The lowest BCUT2D eigenvalue weighted by atomic mass is 10.2. The van der Waals surface area contributed by atoms with E-state index in [1.807, 2.05) is 31.2 Å². The first kappa shape index (κ1) is 17.3. The molecule has 1 amide bonds. The summed E-state index contributed by atoms with van der Waals surface area (Å²) in [4.78, 5) is 16.7. The van der Waals surface area contributed by atoms with Crippen LogP contribution in [0, 0.1) is 6.92 Å². The van der Waals surface area contributed by atoms with Crippen LogP contribution in [0.15, 0.2) is 49.2 Å². The van der Waals surface area contributed by atoms with Crippen molar-refractivity contribution in [2.45, 2.75) is 6.92 Å². The second-order valence-corrected chi connectivity index (χ2v) is 7.84. The van der Waals surface area contributed by atoms with Gasteiger partial charge >= 0.3 is 0 Å². The Bertz CT molecular complexity index is 905. The van der Waals surface area contributed by atoms with Gasteiger partial charge in [-0.15, -0.1) is 0 Å². The van der Waals surface area contributed by atoms with Crippen molar-refractivity contribution in [1.82, 2.24) is 0 Å². The molecule has 0 aromatic heterocycles.